The third-order valence-electron chi connectivity index (χ3n) is 4.52. The van der Waals surface area contributed by atoms with Crippen molar-refractivity contribution in [3.63, 3.8) is 0 Å². The number of hydrogen-bond donors (Lipinski definition) is 0. The zero-order valence-corrected chi connectivity index (χ0v) is 16.1. The van der Waals surface area contributed by atoms with Crippen molar-refractivity contribution in [2.75, 3.05) is 7.11 Å². The number of allylic oxidation sites excluding steroid dienone is 1. The Kier molecular flexibility index (Phi) is 5.70. The first-order chi connectivity index (χ1) is 13.6. The Morgan fingerprint density at radius 1 is 1.03 bits per heavy atom. The molecule has 0 aliphatic heterocycles. The zero-order valence-electron chi connectivity index (χ0n) is 15.3. The van der Waals surface area contributed by atoms with Gasteiger partial charge in [-0.2, -0.15) is 21.6 Å². The molecule has 29 heavy (non-hydrogen) atoms. The summed E-state index contributed by atoms with van der Waals surface area (Å²) in [6, 6.07) is 12.7. The van der Waals surface area contributed by atoms with E-state index < -0.39 is 21.6 Å². The highest BCUT2D eigenvalue weighted by Gasteiger charge is 2.49. The van der Waals surface area contributed by atoms with E-state index in [1.54, 1.807) is 30.3 Å². The van der Waals surface area contributed by atoms with Crippen LogP contribution in [0.15, 0.2) is 48.5 Å². The fourth-order valence-electron chi connectivity index (χ4n) is 3.17. The number of ether oxygens (including phenoxy) is 1. The molecule has 9 heteroatoms. The predicted molar refractivity (Wildman–Crippen MR) is 100 cm³/mol. The number of carbonyl (C=O) groups is 1. The molecule has 154 valence electrons. The smallest absolute Gasteiger partial charge is 0.465 e. The normalized spacial score (nSPS) is 14.8. The molecule has 0 spiro atoms. The maximum absolute atomic E-state index is 13.0. The Bertz CT molecular complexity index is 1060. The van der Waals surface area contributed by atoms with Gasteiger partial charge in [-0.15, -0.1) is 0 Å². The first-order valence-electron chi connectivity index (χ1n) is 8.65. The van der Waals surface area contributed by atoms with Gasteiger partial charge in [0.1, 0.15) is 0 Å². The molecule has 2 aromatic rings. The SMILES string of the molecule is COC(=O)c1ccc2c(c1)CCCC(c1ccccc1)=C2OS(=O)(=O)C(F)(F)F. The van der Waals surface area contributed by atoms with Gasteiger partial charge in [0.2, 0.25) is 0 Å². The topological polar surface area (TPSA) is 69.7 Å². The molecule has 0 aromatic heterocycles. The van der Waals surface area contributed by atoms with Gasteiger partial charge in [0.25, 0.3) is 0 Å². The van der Waals surface area contributed by atoms with Crippen molar-refractivity contribution in [2.24, 2.45) is 0 Å². The van der Waals surface area contributed by atoms with Gasteiger partial charge in [0.15, 0.2) is 5.76 Å². The minimum absolute atomic E-state index is 0.196. The molecular formula is C20H17F3O5S. The summed E-state index contributed by atoms with van der Waals surface area (Å²) in [6.45, 7) is 0. The summed E-state index contributed by atoms with van der Waals surface area (Å²) in [5.74, 6) is -0.980. The largest absolute Gasteiger partial charge is 0.534 e. The molecule has 0 atom stereocenters. The lowest BCUT2D eigenvalue weighted by atomic mass is 9.98. The highest BCUT2D eigenvalue weighted by Crippen LogP contribution is 2.40. The quantitative estimate of drug-likeness (QED) is 0.408. The molecule has 0 radical (unpaired) electrons. The second-order valence-electron chi connectivity index (χ2n) is 6.37. The highest BCUT2D eigenvalue weighted by molar-refractivity contribution is 7.87. The van der Waals surface area contributed by atoms with Crippen LogP contribution >= 0.6 is 0 Å². The lowest BCUT2D eigenvalue weighted by Crippen LogP contribution is -2.25. The Morgan fingerprint density at radius 3 is 2.34 bits per heavy atom. The summed E-state index contributed by atoms with van der Waals surface area (Å²) < 4.78 is 71.9. The van der Waals surface area contributed by atoms with Crippen LogP contribution in [0.25, 0.3) is 11.3 Å². The van der Waals surface area contributed by atoms with Crippen LogP contribution in [0.1, 0.15) is 39.9 Å². The summed E-state index contributed by atoms with van der Waals surface area (Å²) in [4.78, 5) is 11.8. The summed E-state index contributed by atoms with van der Waals surface area (Å²) >= 11 is 0. The maximum atomic E-state index is 13.0. The van der Waals surface area contributed by atoms with Gasteiger partial charge >= 0.3 is 21.6 Å². The molecule has 0 amide bonds. The molecule has 0 unspecified atom stereocenters. The molecular weight excluding hydrogens is 409 g/mol. The number of aryl methyl sites for hydroxylation is 1. The average molecular weight is 426 g/mol. The highest BCUT2D eigenvalue weighted by atomic mass is 32.2. The van der Waals surface area contributed by atoms with Crippen molar-refractivity contribution in [2.45, 2.75) is 24.8 Å². The Balaban J connectivity index is 2.22. The molecule has 0 bridgehead atoms. The fraction of sp³-hybridized carbons (Fsp3) is 0.250. The Morgan fingerprint density at radius 2 is 1.72 bits per heavy atom. The van der Waals surface area contributed by atoms with Crippen LogP contribution in [0, 0.1) is 0 Å². The maximum Gasteiger partial charge on any atom is 0.534 e. The van der Waals surface area contributed by atoms with Crippen LogP contribution in [0.2, 0.25) is 0 Å². The van der Waals surface area contributed by atoms with E-state index in [0.29, 0.717) is 36.0 Å². The van der Waals surface area contributed by atoms with Crippen molar-refractivity contribution < 1.29 is 35.3 Å². The molecule has 2 aromatic carbocycles. The number of alkyl halides is 3. The lowest BCUT2D eigenvalue weighted by Gasteiger charge is -2.17. The summed E-state index contributed by atoms with van der Waals surface area (Å²) in [6.07, 6.45) is 1.26. The second kappa shape index (κ2) is 7.90. The van der Waals surface area contributed by atoms with Crippen molar-refractivity contribution >= 4 is 27.4 Å². The van der Waals surface area contributed by atoms with Crippen LogP contribution in [0.5, 0.6) is 0 Å². The Labute approximate surface area is 165 Å². The number of benzene rings is 2. The minimum Gasteiger partial charge on any atom is -0.465 e. The molecule has 0 heterocycles. The van der Waals surface area contributed by atoms with Crippen molar-refractivity contribution in [3.8, 4) is 0 Å². The van der Waals surface area contributed by atoms with E-state index in [9.17, 15) is 26.4 Å². The van der Waals surface area contributed by atoms with Crippen LogP contribution < -0.4 is 0 Å². The average Bonchev–Trinajstić information content (AvgIpc) is 2.86. The van der Waals surface area contributed by atoms with E-state index in [0.717, 1.165) is 0 Å². The molecule has 0 N–H and O–H groups in total. The number of halogens is 3. The number of fused-ring (bicyclic) bond motifs is 1. The molecule has 1 aliphatic rings. The lowest BCUT2D eigenvalue weighted by molar-refractivity contribution is -0.0509. The van der Waals surface area contributed by atoms with Gasteiger partial charge in [-0.05, 0) is 42.5 Å². The molecule has 0 saturated heterocycles. The first kappa shape index (κ1) is 20.9. The van der Waals surface area contributed by atoms with Crippen LogP contribution in [-0.4, -0.2) is 27.0 Å². The van der Waals surface area contributed by atoms with Crippen molar-refractivity contribution in [3.05, 3.63) is 70.8 Å². The second-order valence-corrected chi connectivity index (χ2v) is 7.91. The molecule has 3 rings (SSSR count). The van der Waals surface area contributed by atoms with E-state index in [1.165, 1.54) is 25.3 Å². The molecule has 0 saturated carbocycles. The van der Waals surface area contributed by atoms with E-state index in [4.69, 9.17) is 0 Å². The van der Waals surface area contributed by atoms with Gasteiger partial charge in [0.05, 0.1) is 12.7 Å². The molecule has 1 aliphatic carbocycles. The standard InChI is InChI=1S/C20H17F3O5S/c1-27-19(24)15-10-11-17-14(12-15)8-5-9-16(13-6-3-2-4-7-13)18(17)28-29(25,26)20(21,22)23/h2-4,6-7,10-12H,5,8-9H2,1H3. The third-order valence-corrected chi connectivity index (χ3v) is 5.47. The van der Waals surface area contributed by atoms with E-state index in [1.807, 2.05) is 0 Å². The summed E-state index contributed by atoms with van der Waals surface area (Å²) in [5, 5.41) is 0. The third kappa shape index (κ3) is 4.29. The van der Waals surface area contributed by atoms with Crippen LogP contribution in [-0.2, 0) is 25.5 Å². The number of methoxy groups -OCH3 is 1. The van der Waals surface area contributed by atoms with Gasteiger partial charge in [-0.25, -0.2) is 4.79 Å². The van der Waals surface area contributed by atoms with E-state index in [2.05, 4.69) is 8.92 Å². The zero-order chi connectivity index (χ0) is 21.2. The molecule has 0 fully saturated rings. The number of carbonyl (C=O) groups excluding carboxylic acids is 1. The van der Waals surface area contributed by atoms with E-state index in [-0.39, 0.29) is 16.9 Å². The number of rotatable bonds is 4. The van der Waals surface area contributed by atoms with Crippen LogP contribution in [0.4, 0.5) is 13.2 Å². The first-order valence-corrected chi connectivity index (χ1v) is 10.1. The van der Waals surface area contributed by atoms with Crippen molar-refractivity contribution in [1.29, 1.82) is 0 Å². The van der Waals surface area contributed by atoms with E-state index >= 15 is 0 Å². The monoisotopic (exact) mass is 426 g/mol. The number of hydrogen-bond acceptors (Lipinski definition) is 5. The van der Waals surface area contributed by atoms with Gasteiger partial charge in [0, 0.05) is 11.1 Å². The van der Waals surface area contributed by atoms with Gasteiger partial charge in [-0.1, -0.05) is 36.4 Å². The molecule has 5 nitrogen and oxygen atoms in total. The number of esters is 1. The fourth-order valence-corrected chi connectivity index (χ4v) is 3.67. The predicted octanol–water partition coefficient (Wildman–Crippen LogP) is 4.54. The van der Waals surface area contributed by atoms with Crippen molar-refractivity contribution in [1.82, 2.24) is 0 Å². The Hall–Kier alpha value is -2.81. The van der Waals surface area contributed by atoms with Crippen LogP contribution in [0.3, 0.4) is 0 Å². The minimum atomic E-state index is -5.88. The summed E-state index contributed by atoms with van der Waals surface area (Å²) in [5.41, 5.74) is -3.74. The summed E-state index contributed by atoms with van der Waals surface area (Å²) in [7, 11) is -4.66. The van der Waals surface area contributed by atoms with Gasteiger partial charge < -0.3 is 8.92 Å². The van der Waals surface area contributed by atoms with Gasteiger partial charge in [-0.3, -0.25) is 0 Å².